The van der Waals surface area contributed by atoms with Gasteiger partial charge in [-0.25, -0.2) is 4.98 Å². The van der Waals surface area contributed by atoms with E-state index in [-0.39, 0.29) is 6.10 Å². The topological polar surface area (TPSA) is 37.7 Å². The average molecular weight is 632 g/mol. The molecular weight excluding hydrogens is 595 g/mol. The molecule has 5 aromatic rings. The SMILES string of the molecule is C1=CCN(Cc2ccccc2)C=C1.C1=c2c(ccc3c2=C(c2nc(C4=NOC(c5ccccc5)C4)cs2)CCC3)-c2ccccc2C1. The number of allylic oxidation sites excluding steroid dienone is 2. The molecular formula is C42H37N3OS. The highest BCUT2D eigenvalue weighted by Crippen LogP contribution is 2.32. The number of aromatic nitrogens is 1. The summed E-state index contributed by atoms with van der Waals surface area (Å²) in [4.78, 5) is 13.1. The van der Waals surface area contributed by atoms with Gasteiger partial charge < -0.3 is 9.74 Å². The highest BCUT2D eigenvalue weighted by molar-refractivity contribution is 7.11. The van der Waals surface area contributed by atoms with Crippen LogP contribution in [0.5, 0.6) is 0 Å². The predicted molar refractivity (Wildman–Crippen MR) is 193 cm³/mol. The molecule has 3 heterocycles. The van der Waals surface area contributed by atoms with Gasteiger partial charge in [0, 0.05) is 24.9 Å². The molecule has 0 amide bonds. The fourth-order valence-electron chi connectivity index (χ4n) is 7.01. The second-order valence-corrected chi connectivity index (χ2v) is 13.3. The Morgan fingerprint density at radius 2 is 1.64 bits per heavy atom. The van der Waals surface area contributed by atoms with E-state index in [1.807, 2.05) is 18.2 Å². The zero-order chi connectivity index (χ0) is 31.4. The number of hydrogen-bond donors (Lipinski definition) is 0. The predicted octanol–water partition coefficient (Wildman–Crippen LogP) is 8.12. The molecule has 0 saturated heterocycles. The lowest BCUT2D eigenvalue weighted by atomic mass is 9.85. The van der Waals surface area contributed by atoms with Crippen molar-refractivity contribution in [2.45, 2.75) is 44.8 Å². The first-order valence-corrected chi connectivity index (χ1v) is 17.5. The Bertz CT molecular complexity index is 2110. The number of hydrogen-bond acceptors (Lipinski definition) is 5. The molecule has 0 fully saturated rings. The van der Waals surface area contributed by atoms with Crippen LogP contribution in [0.2, 0.25) is 0 Å². The molecule has 0 spiro atoms. The van der Waals surface area contributed by atoms with Gasteiger partial charge in [0.25, 0.3) is 0 Å². The van der Waals surface area contributed by atoms with Crippen LogP contribution in [0.25, 0.3) is 22.8 Å². The van der Waals surface area contributed by atoms with Crippen LogP contribution < -0.4 is 10.4 Å². The number of aryl methyl sites for hydroxylation is 1. The molecule has 5 heteroatoms. The lowest BCUT2D eigenvalue weighted by Crippen LogP contribution is -2.36. The second kappa shape index (κ2) is 13.4. The third-order valence-corrected chi connectivity index (χ3v) is 10.3. The van der Waals surface area contributed by atoms with Crippen LogP contribution in [-0.4, -0.2) is 22.1 Å². The molecule has 232 valence electrons. The Labute approximate surface area is 280 Å². The molecule has 0 bridgehead atoms. The molecule has 2 aliphatic heterocycles. The Hall–Kier alpha value is -5.00. The molecule has 0 saturated carbocycles. The van der Waals surface area contributed by atoms with E-state index < -0.39 is 0 Å². The summed E-state index contributed by atoms with van der Waals surface area (Å²) in [7, 11) is 0. The van der Waals surface area contributed by atoms with Crippen molar-refractivity contribution in [2.75, 3.05) is 6.54 Å². The standard InChI is InChI=1S/C30H24N2OS.C12H13N/c1-2-8-20(9-3-1)28-17-26(32-33-28)27-18-34-30(31-27)25-12-6-10-21-14-15-23-22-11-5-4-7-19(22)13-16-24(23)29(21)25;1-3-7-12(8-4-1)11-13-9-5-2-6-10-13/h1-5,7-9,11,14-16,18,28H,6,10,12-13,17H2;1-9H,10-11H2. The van der Waals surface area contributed by atoms with Gasteiger partial charge in [-0.2, -0.15) is 0 Å². The molecule has 9 rings (SSSR count). The fourth-order valence-corrected chi connectivity index (χ4v) is 7.92. The van der Waals surface area contributed by atoms with Gasteiger partial charge in [0.1, 0.15) is 10.7 Å². The summed E-state index contributed by atoms with van der Waals surface area (Å²) in [6, 6.07) is 34.3. The van der Waals surface area contributed by atoms with E-state index in [1.54, 1.807) is 11.3 Å². The minimum absolute atomic E-state index is 0.0221. The van der Waals surface area contributed by atoms with Crippen molar-refractivity contribution >= 4 is 28.7 Å². The van der Waals surface area contributed by atoms with E-state index in [4.69, 9.17) is 9.82 Å². The highest BCUT2D eigenvalue weighted by atomic mass is 32.1. The Morgan fingerprint density at radius 1 is 0.809 bits per heavy atom. The Balaban J connectivity index is 0.000000209. The average Bonchev–Trinajstić information content (AvgIpc) is 3.84. The molecule has 2 aliphatic carbocycles. The van der Waals surface area contributed by atoms with Crippen molar-refractivity contribution in [3.05, 3.63) is 170 Å². The molecule has 1 atom stereocenters. The lowest BCUT2D eigenvalue weighted by Gasteiger charge is -2.20. The van der Waals surface area contributed by atoms with Crippen LogP contribution in [0.3, 0.4) is 0 Å². The van der Waals surface area contributed by atoms with Gasteiger partial charge in [0.05, 0.1) is 5.69 Å². The third-order valence-electron chi connectivity index (χ3n) is 9.35. The summed E-state index contributed by atoms with van der Waals surface area (Å²) < 4.78 is 0. The number of fused-ring (bicyclic) bond motifs is 5. The zero-order valence-electron chi connectivity index (χ0n) is 26.4. The van der Waals surface area contributed by atoms with Gasteiger partial charge in [-0.3, -0.25) is 0 Å². The maximum Gasteiger partial charge on any atom is 0.158 e. The molecule has 1 unspecified atom stereocenters. The van der Waals surface area contributed by atoms with Gasteiger partial charge in [-0.15, -0.1) is 11.3 Å². The largest absolute Gasteiger partial charge is 0.387 e. The Kier molecular flexibility index (Phi) is 8.38. The summed E-state index contributed by atoms with van der Waals surface area (Å²) in [6.07, 6.45) is 16.0. The molecule has 47 heavy (non-hydrogen) atoms. The van der Waals surface area contributed by atoms with Crippen LogP contribution in [0.1, 0.15) is 58.3 Å². The van der Waals surface area contributed by atoms with Crippen molar-refractivity contribution in [2.24, 2.45) is 5.16 Å². The van der Waals surface area contributed by atoms with Crippen LogP contribution in [0.15, 0.2) is 132 Å². The van der Waals surface area contributed by atoms with E-state index >= 15 is 0 Å². The minimum Gasteiger partial charge on any atom is -0.387 e. The molecule has 4 aromatic carbocycles. The van der Waals surface area contributed by atoms with Gasteiger partial charge in [0.15, 0.2) is 6.10 Å². The fraction of sp³-hybridized carbons (Fsp3) is 0.190. The van der Waals surface area contributed by atoms with Gasteiger partial charge in [-0.05, 0) is 87.4 Å². The summed E-state index contributed by atoms with van der Waals surface area (Å²) in [5.41, 5.74) is 11.4. The second-order valence-electron chi connectivity index (χ2n) is 12.4. The smallest absolute Gasteiger partial charge is 0.158 e. The molecule has 4 nitrogen and oxygen atoms in total. The molecule has 4 aliphatic rings. The van der Waals surface area contributed by atoms with E-state index in [1.165, 1.54) is 50.2 Å². The maximum atomic E-state index is 5.77. The number of thiazole rings is 1. The number of oxime groups is 1. The number of benzene rings is 4. The first-order chi connectivity index (χ1) is 23.3. The summed E-state index contributed by atoms with van der Waals surface area (Å²) in [5.74, 6) is 0. The van der Waals surface area contributed by atoms with Crippen LogP contribution >= 0.6 is 11.3 Å². The highest BCUT2D eigenvalue weighted by Gasteiger charge is 2.26. The normalized spacial score (nSPS) is 17.4. The van der Waals surface area contributed by atoms with E-state index in [2.05, 4.69) is 125 Å². The summed E-state index contributed by atoms with van der Waals surface area (Å²) in [5, 5.41) is 10.5. The van der Waals surface area contributed by atoms with Crippen molar-refractivity contribution in [1.29, 1.82) is 0 Å². The third kappa shape index (κ3) is 6.24. The first kappa shape index (κ1) is 29.4. The van der Waals surface area contributed by atoms with E-state index in [9.17, 15) is 0 Å². The molecule has 0 N–H and O–H groups in total. The summed E-state index contributed by atoms with van der Waals surface area (Å²) in [6.45, 7) is 2.02. The molecule has 0 radical (unpaired) electrons. The summed E-state index contributed by atoms with van der Waals surface area (Å²) >= 11 is 1.74. The van der Waals surface area contributed by atoms with Crippen LogP contribution in [0.4, 0.5) is 0 Å². The quantitative estimate of drug-likeness (QED) is 0.197. The van der Waals surface area contributed by atoms with E-state index in [0.717, 1.165) is 60.7 Å². The van der Waals surface area contributed by atoms with Gasteiger partial charge >= 0.3 is 0 Å². The maximum absolute atomic E-state index is 5.77. The monoisotopic (exact) mass is 631 g/mol. The van der Waals surface area contributed by atoms with Crippen molar-refractivity contribution in [3.8, 4) is 11.1 Å². The van der Waals surface area contributed by atoms with Crippen molar-refractivity contribution in [1.82, 2.24) is 9.88 Å². The minimum atomic E-state index is -0.0221. The molecule has 1 aromatic heterocycles. The first-order valence-electron chi connectivity index (χ1n) is 16.6. The zero-order valence-corrected chi connectivity index (χ0v) is 27.2. The van der Waals surface area contributed by atoms with Gasteiger partial charge in [0.2, 0.25) is 0 Å². The van der Waals surface area contributed by atoms with Crippen LogP contribution in [-0.2, 0) is 24.2 Å². The van der Waals surface area contributed by atoms with Gasteiger partial charge in [-0.1, -0.05) is 120 Å². The lowest BCUT2D eigenvalue weighted by molar-refractivity contribution is 0.0857. The van der Waals surface area contributed by atoms with E-state index in [0.29, 0.717) is 0 Å². The number of rotatable bonds is 5. The van der Waals surface area contributed by atoms with Crippen LogP contribution in [0, 0.1) is 0 Å². The van der Waals surface area contributed by atoms with Crippen molar-refractivity contribution in [3.63, 3.8) is 0 Å². The Morgan fingerprint density at radius 3 is 2.49 bits per heavy atom. The van der Waals surface area contributed by atoms with Crippen molar-refractivity contribution < 1.29 is 4.84 Å². The number of nitrogens with zero attached hydrogens (tertiary/aromatic N) is 3.